The standard InChI is InChI=1S/C18H22N4O4S/c1-2-27(23,24)21-18-7-8-25-12-15(18)13-26-17-5-3-16(4-6-17)22-11-14(9-19)10-20-22/h3-6,10-11,15,18,21H,2,7-8,12-13H2,1H3/t15-,18+/m1/s1. The van der Waals surface area contributed by atoms with E-state index in [2.05, 4.69) is 9.82 Å². The molecule has 27 heavy (non-hydrogen) atoms. The van der Waals surface area contributed by atoms with Gasteiger partial charge in [-0.1, -0.05) is 0 Å². The van der Waals surface area contributed by atoms with Crippen LogP contribution < -0.4 is 9.46 Å². The average molecular weight is 390 g/mol. The molecule has 0 amide bonds. The van der Waals surface area contributed by atoms with Crippen LogP contribution in [0.25, 0.3) is 5.69 Å². The van der Waals surface area contributed by atoms with Crippen molar-refractivity contribution < 1.29 is 17.9 Å². The number of sulfonamides is 1. The van der Waals surface area contributed by atoms with Crippen LogP contribution in [0.5, 0.6) is 5.75 Å². The summed E-state index contributed by atoms with van der Waals surface area (Å²) in [5.74, 6) is 0.679. The fraction of sp³-hybridized carbons (Fsp3) is 0.444. The Hall–Kier alpha value is -2.41. The molecular formula is C18H22N4O4S. The van der Waals surface area contributed by atoms with Crippen LogP contribution in [0, 0.1) is 17.2 Å². The first-order valence-electron chi connectivity index (χ1n) is 8.76. The minimum Gasteiger partial charge on any atom is -0.493 e. The third-order valence-electron chi connectivity index (χ3n) is 4.46. The van der Waals surface area contributed by atoms with Crippen LogP contribution in [0.15, 0.2) is 36.7 Å². The van der Waals surface area contributed by atoms with E-state index >= 15 is 0 Å². The highest BCUT2D eigenvalue weighted by Crippen LogP contribution is 2.20. The summed E-state index contributed by atoms with van der Waals surface area (Å²) in [5.41, 5.74) is 1.31. The molecule has 2 aromatic rings. The summed E-state index contributed by atoms with van der Waals surface area (Å²) in [5, 5.41) is 13.0. The SMILES string of the molecule is CCS(=O)(=O)N[C@H]1CCOC[C@@H]1COc1ccc(-n2cc(C#N)cn2)cc1. The van der Waals surface area contributed by atoms with Gasteiger partial charge in [-0.2, -0.15) is 10.4 Å². The van der Waals surface area contributed by atoms with Gasteiger partial charge in [-0.3, -0.25) is 0 Å². The average Bonchev–Trinajstić information content (AvgIpc) is 3.17. The van der Waals surface area contributed by atoms with Gasteiger partial charge in [-0.05, 0) is 37.6 Å². The molecule has 1 saturated heterocycles. The second-order valence-electron chi connectivity index (χ2n) is 6.34. The first-order valence-corrected chi connectivity index (χ1v) is 10.4. The number of rotatable bonds is 7. The number of nitrogens with one attached hydrogen (secondary N) is 1. The molecule has 2 heterocycles. The van der Waals surface area contributed by atoms with Gasteiger partial charge in [0.15, 0.2) is 0 Å². The number of aromatic nitrogens is 2. The highest BCUT2D eigenvalue weighted by Gasteiger charge is 2.29. The van der Waals surface area contributed by atoms with Crippen molar-refractivity contribution in [3.8, 4) is 17.5 Å². The molecular weight excluding hydrogens is 368 g/mol. The van der Waals surface area contributed by atoms with Crippen molar-refractivity contribution in [1.82, 2.24) is 14.5 Å². The molecule has 0 radical (unpaired) electrons. The quantitative estimate of drug-likeness (QED) is 0.767. The fourth-order valence-electron chi connectivity index (χ4n) is 2.85. The van der Waals surface area contributed by atoms with Crippen molar-refractivity contribution in [3.05, 3.63) is 42.2 Å². The van der Waals surface area contributed by atoms with E-state index in [-0.39, 0.29) is 17.7 Å². The molecule has 0 bridgehead atoms. The minimum absolute atomic E-state index is 0.0518. The van der Waals surface area contributed by atoms with Gasteiger partial charge in [0.2, 0.25) is 10.0 Å². The second-order valence-corrected chi connectivity index (χ2v) is 8.38. The maximum absolute atomic E-state index is 11.9. The number of hydrogen-bond donors (Lipinski definition) is 1. The van der Waals surface area contributed by atoms with E-state index < -0.39 is 10.0 Å². The van der Waals surface area contributed by atoms with Gasteiger partial charge in [-0.25, -0.2) is 17.8 Å². The van der Waals surface area contributed by atoms with Gasteiger partial charge < -0.3 is 9.47 Å². The lowest BCUT2D eigenvalue weighted by Crippen LogP contribution is -2.47. The molecule has 2 atom stereocenters. The van der Waals surface area contributed by atoms with Crippen molar-refractivity contribution in [3.63, 3.8) is 0 Å². The molecule has 0 spiro atoms. The summed E-state index contributed by atoms with van der Waals surface area (Å²) in [6.07, 6.45) is 3.79. The van der Waals surface area contributed by atoms with Crippen molar-refractivity contribution in [2.75, 3.05) is 25.6 Å². The Morgan fingerprint density at radius 1 is 1.41 bits per heavy atom. The minimum atomic E-state index is -3.27. The zero-order chi connectivity index (χ0) is 19.3. The van der Waals surface area contributed by atoms with Crippen LogP contribution >= 0.6 is 0 Å². The van der Waals surface area contributed by atoms with E-state index in [0.29, 0.717) is 37.6 Å². The van der Waals surface area contributed by atoms with Gasteiger partial charge in [0.05, 0.1) is 36.4 Å². The molecule has 1 aliphatic heterocycles. The first kappa shape index (κ1) is 19.4. The summed E-state index contributed by atoms with van der Waals surface area (Å²) in [6.45, 7) is 2.97. The van der Waals surface area contributed by atoms with Gasteiger partial charge in [0.1, 0.15) is 11.8 Å². The summed E-state index contributed by atoms with van der Waals surface area (Å²) in [7, 11) is -3.27. The Morgan fingerprint density at radius 3 is 2.85 bits per heavy atom. The molecule has 0 saturated carbocycles. The molecule has 1 aromatic carbocycles. The molecule has 144 valence electrons. The summed E-state index contributed by atoms with van der Waals surface area (Å²) in [4.78, 5) is 0. The van der Waals surface area contributed by atoms with Crippen molar-refractivity contribution >= 4 is 10.0 Å². The number of hydrogen-bond acceptors (Lipinski definition) is 6. The van der Waals surface area contributed by atoms with Crippen molar-refractivity contribution in [1.29, 1.82) is 5.26 Å². The smallest absolute Gasteiger partial charge is 0.211 e. The highest BCUT2D eigenvalue weighted by atomic mass is 32.2. The number of ether oxygens (including phenoxy) is 2. The van der Waals surface area contributed by atoms with Crippen LogP contribution in [0.1, 0.15) is 18.9 Å². The lowest BCUT2D eigenvalue weighted by molar-refractivity contribution is 0.0186. The number of nitrogens with zero attached hydrogens (tertiary/aromatic N) is 3. The molecule has 1 fully saturated rings. The van der Waals surface area contributed by atoms with E-state index in [1.165, 1.54) is 6.20 Å². The van der Waals surface area contributed by atoms with Crippen LogP contribution in [0.3, 0.4) is 0 Å². The third kappa shape index (κ3) is 5.07. The zero-order valence-corrected chi connectivity index (χ0v) is 15.9. The topological polar surface area (TPSA) is 106 Å². The molecule has 9 heteroatoms. The molecule has 1 N–H and O–H groups in total. The normalized spacial score (nSPS) is 20.1. The number of benzene rings is 1. The molecule has 8 nitrogen and oxygen atoms in total. The Morgan fingerprint density at radius 2 is 2.19 bits per heavy atom. The highest BCUT2D eigenvalue weighted by molar-refractivity contribution is 7.89. The van der Waals surface area contributed by atoms with Crippen LogP contribution in [-0.2, 0) is 14.8 Å². The van der Waals surface area contributed by atoms with Crippen LogP contribution in [0.4, 0.5) is 0 Å². The third-order valence-corrected chi connectivity index (χ3v) is 5.88. The van der Waals surface area contributed by atoms with Gasteiger partial charge in [0, 0.05) is 24.8 Å². The predicted octanol–water partition coefficient (Wildman–Crippen LogP) is 1.47. The van der Waals surface area contributed by atoms with Crippen LogP contribution in [-0.4, -0.2) is 49.8 Å². The van der Waals surface area contributed by atoms with E-state index in [9.17, 15) is 8.42 Å². The number of nitriles is 1. The Bertz CT molecular complexity index is 902. The maximum atomic E-state index is 11.9. The van der Waals surface area contributed by atoms with E-state index in [1.807, 2.05) is 30.3 Å². The zero-order valence-electron chi connectivity index (χ0n) is 15.0. The lowest BCUT2D eigenvalue weighted by Gasteiger charge is -2.31. The summed E-state index contributed by atoms with van der Waals surface area (Å²) < 4.78 is 39.4. The summed E-state index contributed by atoms with van der Waals surface area (Å²) in [6, 6.07) is 9.18. The van der Waals surface area contributed by atoms with Crippen molar-refractivity contribution in [2.24, 2.45) is 5.92 Å². The maximum Gasteiger partial charge on any atom is 0.211 e. The molecule has 3 rings (SSSR count). The summed E-state index contributed by atoms with van der Waals surface area (Å²) >= 11 is 0. The monoisotopic (exact) mass is 390 g/mol. The van der Waals surface area contributed by atoms with E-state index in [4.69, 9.17) is 14.7 Å². The lowest BCUT2D eigenvalue weighted by atomic mass is 9.98. The Balaban J connectivity index is 1.60. The Labute approximate surface area is 158 Å². The first-order chi connectivity index (χ1) is 13.0. The molecule has 1 aliphatic rings. The van der Waals surface area contributed by atoms with Crippen LogP contribution in [0.2, 0.25) is 0 Å². The Kier molecular flexibility index (Phi) is 6.11. The largest absolute Gasteiger partial charge is 0.493 e. The van der Waals surface area contributed by atoms with Crippen molar-refractivity contribution in [2.45, 2.75) is 19.4 Å². The van der Waals surface area contributed by atoms with Gasteiger partial charge >= 0.3 is 0 Å². The molecule has 0 aliphatic carbocycles. The van der Waals surface area contributed by atoms with E-state index in [0.717, 1.165) is 5.69 Å². The second kappa shape index (κ2) is 8.52. The predicted molar refractivity (Wildman–Crippen MR) is 99.1 cm³/mol. The molecule has 1 aromatic heterocycles. The fourth-order valence-corrected chi connectivity index (χ4v) is 3.79. The van der Waals surface area contributed by atoms with Gasteiger partial charge in [0.25, 0.3) is 0 Å². The van der Waals surface area contributed by atoms with E-state index in [1.54, 1.807) is 17.8 Å². The molecule has 0 unspecified atom stereocenters. The van der Waals surface area contributed by atoms with Gasteiger partial charge in [-0.15, -0.1) is 0 Å².